The molecule has 0 radical (unpaired) electrons. The number of hydrogen-bond acceptors (Lipinski definition) is 8. The summed E-state index contributed by atoms with van der Waals surface area (Å²) in [6.45, 7) is 6.35. The molecule has 1 unspecified atom stereocenters. The molecule has 1 heterocycles. The van der Waals surface area contributed by atoms with Gasteiger partial charge in [0, 0.05) is 13.7 Å². The number of carbonyl (C=O) groups excluding carboxylic acids is 6. The molecule has 14 heteroatoms. The first-order chi connectivity index (χ1) is 17.2. The second-order valence-electron chi connectivity index (χ2n) is 9.12. The van der Waals surface area contributed by atoms with Gasteiger partial charge < -0.3 is 30.7 Å². The summed E-state index contributed by atoms with van der Waals surface area (Å²) in [5, 5.41) is 16.2. The Balaban J connectivity index is 2.81. The lowest BCUT2D eigenvalue weighted by Crippen LogP contribution is -2.57. The van der Waals surface area contributed by atoms with Crippen molar-refractivity contribution in [2.45, 2.75) is 77.2 Å². The number of ketones is 2. The molecule has 4 amide bonds. The lowest BCUT2D eigenvalue weighted by atomic mass is 9.97. The van der Waals surface area contributed by atoms with E-state index in [9.17, 15) is 33.6 Å². The van der Waals surface area contributed by atoms with Gasteiger partial charge >= 0.3 is 5.97 Å². The van der Waals surface area contributed by atoms with Crippen LogP contribution in [0.25, 0.3) is 0 Å². The summed E-state index contributed by atoms with van der Waals surface area (Å²) < 4.78 is 4.83. The molecule has 4 N–H and O–H groups in total. The number of halogens is 1. The van der Waals surface area contributed by atoms with Crippen molar-refractivity contribution in [1.82, 2.24) is 20.9 Å². The highest BCUT2D eigenvalue weighted by atomic mass is 35.5. The van der Waals surface area contributed by atoms with E-state index in [2.05, 4.69) is 16.0 Å². The highest BCUT2D eigenvalue weighted by Crippen LogP contribution is 2.19. The molecule has 1 rings (SSSR count). The van der Waals surface area contributed by atoms with Gasteiger partial charge in [-0.1, -0.05) is 13.8 Å². The summed E-state index contributed by atoms with van der Waals surface area (Å²) in [5.74, 6) is -6.43. The highest BCUT2D eigenvalue weighted by Gasteiger charge is 2.39. The molecule has 0 aliphatic carbocycles. The third kappa shape index (κ3) is 9.08. The number of amides is 4. The van der Waals surface area contributed by atoms with Crippen LogP contribution in [-0.2, 0) is 38.3 Å². The number of carboxylic acid groups (broad SMARTS) is 1. The second-order valence-corrected chi connectivity index (χ2v) is 9.39. The molecule has 0 bridgehead atoms. The molecule has 0 aromatic rings. The number of ether oxygens (including phenoxy) is 1. The molecular weight excluding hydrogens is 512 g/mol. The summed E-state index contributed by atoms with van der Waals surface area (Å²) in [6, 6.07) is -4.15. The Bertz CT molecular complexity index is 911. The molecule has 0 spiro atoms. The zero-order chi connectivity index (χ0) is 28.4. The fraction of sp³-hybridized carbons (Fsp3) is 0.696. The highest BCUT2D eigenvalue weighted by molar-refractivity contribution is 6.48. The van der Waals surface area contributed by atoms with Gasteiger partial charge in [-0.25, -0.2) is 0 Å². The number of likely N-dealkylation sites (tertiary alicyclic amines) is 1. The zero-order valence-electron chi connectivity index (χ0n) is 21.5. The Labute approximate surface area is 220 Å². The van der Waals surface area contributed by atoms with E-state index >= 15 is 0 Å². The fourth-order valence-electron chi connectivity index (χ4n) is 3.79. The lowest BCUT2D eigenvalue weighted by Gasteiger charge is -2.29. The van der Waals surface area contributed by atoms with E-state index in [1.807, 2.05) is 0 Å². The molecule has 37 heavy (non-hydrogen) atoms. The number of rotatable bonds is 14. The summed E-state index contributed by atoms with van der Waals surface area (Å²) >= 11 is 5.47. The van der Waals surface area contributed by atoms with E-state index in [1.165, 1.54) is 18.7 Å². The predicted octanol–water partition coefficient (Wildman–Crippen LogP) is -1.01. The molecule has 208 valence electrons. The fourth-order valence-corrected chi connectivity index (χ4v) is 3.92. The van der Waals surface area contributed by atoms with Crippen LogP contribution < -0.4 is 16.0 Å². The van der Waals surface area contributed by atoms with Gasteiger partial charge in [0.2, 0.25) is 35.2 Å². The third-order valence-corrected chi connectivity index (χ3v) is 6.14. The van der Waals surface area contributed by atoms with Crippen LogP contribution in [0, 0.1) is 5.92 Å². The zero-order valence-corrected chi connectivity index (χ0v) is 22.3. The number of carboxylic acids is 1. The van der Waals surface area contributed by atoms with Crippen LogP contribution >= 0.6 is 11.6 Å². The SMILES string of the molecule is COC(CC(=O)O)C(=O)N[C@@H](C)C(=O)N[C@@H](C)C(=O)N1CCC[C@H]1C(=O)N[C@H](C(=O)C(=O)CCl)C(C)C. The van der Waals surface area contributed by atoms with Gasteiger partial charge in [-0.3, -0.25) is 33.6 Å². The van der Waals surface area contributed by atoms with Gasteiger partial charge in [0.1, 0.15) is 24.2 Å². The van der Waals surface area contributed by atoms with Gasteiger partial charge in [-0.05, 0) is 32.6 Å². The van der Waals surface area contributed by atoms with Crippen LogP contribution in [0.4, 0.5) is 0 Å². The van der Waals surface area contributed by atoms with E-state index < -0.39 is 89.7 Å². The van der Waals surface area contributed by atoms with Gasteiger partial charge in [-0.2, -0.15) is 0 Å². The first kappa shape index (κ1) is 32.0. The Morgan fingerprint density at radius 2 is 1.57 bits per heavy atom. The van der Waals surface area contributed by atoms with Crippen molar-refractivity contribution in [3.8, 4) is 0 Å². The van der Waals surface area contributed by atoms with E-state index in [-0.39, 0.29) is 6.54 Å². The number of hydrogen-bond donors (Lipinski definition) is 4. The summed E-state index contributed by atoms with van der Waals surface area (Å²) in [6.07, 6.45) is -1.04. The molecule has 1 saturated heterocycles. The first-order valence-corrected chi connectivity index (χ1v) is 12.4. The largest absolute Gasteiger partial charge is 0.481 e. The van der Waals surface area contributed by atoms with E-state index in [0.717, 1.165) is 7.11 Å². The van der Waals surface area contributed by atoms with E-state index in [0.29, 0.717) is 12.8 Å². The van der Waals surface area contributed by atoms with Crippen molar-refractivity contribution < 1.29 is 43.4 Å². The predicted molar refractivity (Wildman–Crippen MR) is 130 cm³/mol. The molecule has 0 saturated carbocycles. The molecular formula is C23H35ClN4O9. The number of aliphatic carboxylic acids is 1. The van der Waals surface area contributed by atoms with Gasteiger partial charge in [0.05, 0.1) is 18.3 Å². The average Bonchev–Trinajstić information content (AvgIpc) is 3.33. The molecule has 0 aromatic heterocycles. The number of Topliss-reactive ketones (excluding diaryl/α,β-unsaturated/α-hetero) is 2. The van der Waals surface area contributed by atoms with E-state index in [1.54, 1.807) is 13.8 Å². The van der Waals surface area contributed by atoms with Crippen molar-refractivity contribution in [2.75, 3.05) is 19.5 Å². The normalized spacial score (nSPS) is 18.4. The first-order valence-electron chi connectivity index (χ1n) is 11.8. The maximum absolute atomic E-state index is 13.0. The van der Waals surface area contributed by atoms with Crippen molar-refractivity contribution in [2.24, 2.45) is 5.92 Å². The van der Waals surface area contributed by atoms with Gasteiger partial charge in [0.25, 0.3) is 0 Å². The minimum atomic E-state index is -1.29. The van der Waals surface area contributed by atoms with Crippen LogP contribution in [0.15, 0.2) is 0 Å². The number of carbonyl (C=O) groups is 7. The third-order valence-electron chi connectivity index (χ3n) is 5.90. The molecule has 1 fully saturated rings. The monoisotopic (exact) mass is 546 g/mol. The molecule has 5 atom stereocenters. The number of alkyl halides is 1. The van der Waals surface area contributed by atoms with Crippen molar-refractivity contribution >= 4 is 52.8 Å². The van der Waals surface area contributed by atoms with Crippen molar-refractivity contribution in [1.29, 1.82) is 0 Å². The Morgan fingerprint density at radius 1 is 0.973 bits per heavy atom. The molecule has 1 aliphatic heterocycles. The Morgan fingerprint density at radius 3 is 2.08 bits per heavy atom. The quantitative estimate of drug-likeness (QED) is 0.156. The number of nitrogens with zero attached hydrogens (tertiary/aromatic N) is 1. The van der Waals surface area contributed by atoms with Crippen LogP contribution in [-0.4, -0.2) is 101 Å². The summed E-state index contributed by atoms with van der Waals surface area (Å²) in [4.78, 5) is 86.9. The minimum absolute atomic E-state index is 0.245. The average molecular weight is 547 g/mol. The minimum Gasteiger partial charge on any atom is -0.481 e. The summed E-state index contributed by atoms with van der Waals surface area (Å²) in [5.41, 5.74) is 0. The maximum Gasteiger partial charge on any atom is 0.306 e. The van der Waals surface area contributed by atoms with Crippen molar-refractivity contribution in [3.63, 3.8) is 0 Å². The number of methoxy groups -OCH3 is 1. The van der Waals surface area contributed by atoms with Gasteiger partial charge in [0.15, 0.2) is 0 Å². The van der Waals surface area contributed by atoms with Crippen molar-refractivity contribution in [3.05, 3.63) is 0 Å². The topological polar surface area (TPSA) is 188 Å². The molecule has 13 nitrogen and oxygen atoms in total. The Kier molecular flexibility index (Phi) is 12.6. The Hall–Kier alpha value is -3.06. The molecule has 1 aliphatic rings. The number of nitrogens with one attached hydrogen (secondary N) is 3. The lowest BCUT2D eigenvalue weighted by molar-refractivity contribution is -0.146. The smallest absolute Gasteiger partial charge is 0.306 e. The molecule has 0 aromatic carbocycles. The van der Waals surface area contributed by atoms with Gasteiger partial charge in [-0.15, -0.1) is 11.6 Å². The van der Waals surface area contributed by atoms with Crippen LogP contribution in [0.5, 0.6) is 0 Å². The van der Waals surface area contributed by atoms with E-state index in [4.69, 9.17) is 21.4 Å². The van der Waals surface area contributed by atoms with Crippen LogP contribution in [0.2, 0.25) is 0 Å². The summed E-state index contributed by atoms with van der Waals surface area (Å²) in [7, 11) is 1.16. The second kappa shape index (κ2) is 14.6. The standard InChI is InChI=1S/C23H35ClN4O9/c1-11(2)18(19(32)15(29)10-24)27-21(34)14-7-6-8-28(14)23(36)13(4)26-20(33)12(3)25-22(35)16(37-5)9-17(30)31/h11-14,16,18H,6-10H2,1-5H3,(H,25,35)(H,26,33)(H,27,34)(H,30,31)/t12-,13-,14-,16?,18-/m0/s1. The maximum atomic E-state index is 13.0. The van der Waals surface area contributed by atoms with Crippen LogP contribution in [0.3, 0.4) is 0 Å². The van der Waals surface area contributed by atoms with Crippen LogP contribution in [0.1, 0.15) is 47.0 Å².